The summed E-state index contributed by atoms with van der Waals surface area (Å²) in [7, 11) is 0. The zero-order valence-corrected chi connectivity index (χ0v) is 11.2. The van der Waals surface area contributed by atoms with Crippen molar-refractivity contribution in [2.75, 3.05) is 6.54 Å². The molecular weight excluding hydrogens is 262 g/mol. The van der Waals surface area contributed by atoms with Crippen molar-refractivity contribution in [2.24, 2.45) is 5.73 Å². The molecule has 0 saturated heterocycles. The summed E-state index contributed by atoms with van der Waals surface area (Å²) in [6.07, 6.45) is 4.09. The summed E-state index contributed by atoms with van der Waals surface area (Å²) in [6, 6.07) is 3.54. The molecule has 0 fully saturated rings. The van der Waals surface area contributed by atoms with Crippen LogP contribution in [0.2, 0.25) is 0 Å². The highest BCUT2D eigenvalue weighted by atomic mass is 19.1. The van der Waals surface area contributed by atoms with E-state index in [0.717, 1.165) is 37.6 Å². The van der Waals surface area contributed by atoms with E-state index >= 15 is 0 Å². The Hall–Kier alpha value is -1.82. The van der Waals surface area contributed by atoms with Crippen LogP contribution in [0.15, 0.2) is 18.2 Å². The first-order valence-electron chi connectivity index (χ1n) is 6.73. The zero-order valence-electron chi connectivity index (χ0n) is 11.2. The van der Waals surface area contributed by atoms with E-state index in [1.54, 1.807) is 0 Å². The number of halogens is 2. The number of nitrogens with zero attached hydrogens (tertiary/aromatic N) is 2. The predicted molar refractivity (Wildman–Crippen MR) is 72.2 cm³/mol. The van der Waals surface area contributed by atoms with Crippen molar-refractivity contribution in [2.45, 2.75) is 32.1 Å². The Morgan fingerprint density at radius 3 is 2.75 bits per heavy atom. The number of aromatic amines is 1. The van der Waals surface area contributed by atoms with Gasteiger partial charge < -0.3 is 5.73 Å². The summed E-state index contributed by atoms with van der Waals surface area (Å²) in [6.45, 7) is 0.698. The third kappa shape index (κ3) is 4.09. The summed E-state index contributed by atoms with van der Waals surface area (Å²) in [5.41, 5.74) is 5.82. The molecule has 0 aliphatic carbocycles. The van der Waals surface area contributed by atoms with Gasteiger partial charge in [0.2, 0.25) is 0 Å². The fourth-order valence-corrected chi connectivity index (χ4v) is 1.98. The molecule has 108 valence electrons. The van der Waals surface area contributed by atoms with Crippen molar-refractivity contribution in [3.63, 3.8) is 0 Å². The third-order valence-corrected chi connectivity index (χ3v) is 3.06. The second-order valence-corrected chi connectivity index (χ2v) is 4.71. The number of H-pyrrole nitrogens is 1. The lowest BCUT2D eigenvalue weighted by Gasteiger charge is -2.00. The highest BCUT2D eigenvalue weighted by molar-refractivity contribution is 5.21. The highest BCUT2D eigenvalue weighted by Crippen LogP contribution is 2.13. The Morgan fingerprint density at radius 1 is 1.15 bits per heavy atom. The third-order valence-electron chi connectivity index (χ3n) is 3.06. The van der Waals surface area contributed by atoms with Crippen LogP contribution < -0.4 is 5.73 Å². The minimum Gasteiger partial charge on any atom is -0.330 e. The maximum Gasteiger partial charge on any atom is 0.150 e. The largest absolute Gasteiger partial charge is 0.330 e. The van der Waals surface area contributed by atoms with E-state index < -0.39 is 11.6 Å². The minimum atomic E-state index is -0.579. The number of nitrogens with one attached hydrogen (secondary N) is 1. The van der Waals surface area contributed by atoms with Crippen molar-refractivity contribution in [1.29, 1.82) is 0 Å². The van der Waals surface area contributed by atoms with Gasteiger partial charge in [-0.1, -0.05) is 12.5 Å². The number of hydrogen-bond donors (Lipinski definition) is 2. The lowest BCUT2D eigenvalue weighted by molar-refractivity contribution is 0.573. The zero-order chi connectivity index (χ0) is 14.4. The number of rotatable bonds is 7. The molecule has 1 aromatic carbocycles. The summed E-state index contributed by atoms with van der Waals surface area (Å²) in [5, 5.41) is 6.88. The molecule has 0 radical (unpaired) electrons. The second-order valence-electron chi connectivity index (χ2n) is 4.71. The average molecular weight is 280 g/mol. The van der Waals surface area contributed by atoms with Gasteiger partial charge in [0.25, 0.3) is 0 Å². The first-order valence-corrected chi connectivity index (χ1v) is 6.73. The maximum atomic E-state index is 13.5. The fourth-order valence-electron chi connectivity index (χ4n) is 1.98. The van der Waals surface area contributed by atoms with Crippen molar-refractivity contribution in [3.05, 3.63) is 47.0 Å². The Bertz CT molecular complexity index is 554. The van der Waals surface area contributed by atoms with Crippen molar-refractivity contribution in [3.8, 4) is 0 Å². The smallest absolute Gasteiger partial charge is 0.150 e. The SMILES string of the molecule is NCCCCCc1n[nH]c(Cc2ccc(F)cc2F)n1. The Kier molecular flexibility index (Phi) is 5.17. The lowest BCUT2D eigenvalue weighted by atomic mass is 10.1. The van der Waals surface area contributed by atoms with Crippen LogP contribution >= 0.6 is 0 Å². The van der Waals surface area contributed by atoms with Gasteiger partial charge in [0.05, 0.1) is 0 Å². The lowest BCUT2D eigenvalue weighted by Crippen LogP contribution is -1.99. The Morgan fingerprint density at radius 2 is 2.00 bits per heavy atom. The number of aromatic nitrogens is 3. The summed E-state index contributed by atoms with van der Waals surface area (Å²) in [5.74, 6) is 0.166. The molecule has 3 N–H and O–H groups in total. The molecule has 0 saturated carbocycles. The van der Waals surface area contributed by atoms with Crippen LogP contribution in [-0.4, -0.2) is 21.7 Å². The Labute approximate surface area is 116 Å². The molecule has 2 rings (SSSR count). The standard InChI is InChI=1S/C14H18F2N4/c15-11-6-5-10(12(16)9-11)8-14-18-13(19-20-14)4-2-1-3-7-17/h5-6,9H,1-4,7-8,17H2,(H,18,19,20). The Balaban J connectivity index is 1.92. The van der Waals surface area contributed by atoms with Crippen LogP contribution in [-0.2, 0) is 12.8 Å². The number of unbranched alkanes of at least 4 members (excludes halogenated alkanes) is 2. The molecule has 2 aromatic rings. The summed E-state index contributed by atoms with van der Waals surface area (Å²) < 4.78 is 26.3. The molecule has 0 aliphatic rings. The van der Waals surface area contributed by atoms with Crippen LogP contribution in [0.25, 0.3) is 0 Å². The monoisotopic (exact) mass is 280 g/mol. The molecule has 4 nitrogen and oxygen atoms in total. The van der Waals surface area contributed by atoms with Gasteiger partial charge in [-0.25, -0.2) is 13.8 Å². The normalized spacial score (nSPS) is 10.9. The topological polar surface area (TPSA) is 67.6 Å². The quantitative estimate of drug-likeness (QED) is 0.765. The van der Waals surface area contributed by atoms with Crippen molar-refractivity contribution in [1.82, 2.24) is 15.2 Å². The van der Waals surface area contributed by atoms with E-state index in [4.69, 9.17) is 5.73 Å². The second kappa shape index (κ2) is 7.09. The number of hydrogen-bond acceptors (Lipinski definition) is 3. The van der Waals surface area contributed by atoms with E-state index in [-0.39, 0.29) is 6.42 Å². The van der Waals surface area contributed by atoms with Gasteiger partial charge in [-0.15, -0.1) is 0 Å². The first kappa shape index (κ1) is 14.6. The number of nitrogens with two attached hydrogens (primary N) is 1. The summed E-state index contributed by atoms with van der Waals surface area (Å²) >= 11 is 0. The molecule has 1 heterocycles. The molecule has 0 unspecified atom stereocenters. The molecule has 0 amide bonds. The van der Waals surface area contributed by atoms with Crippen molar-refractivity contribution >= 4 is 0 Å². The number of aryl methyl sites for hydroxylation is 1. The summed E-state index contributed by atoms with van der Waals surface area (Å²) in [4.78, 5) is 4.31. The van der Waals surface area contributed by atoms with Crippen LogP contribution in [0.3, 0.4) is 0 Å². The van der Waals surface area contributed by atoms with E-state index in [0.29, 0.717) is 17.9 Å². The molecule has 0 atom stereocenters. The predicted octanol–water partition coefficient (Wildman–Crippen LogP) is 2.35. The van der Waals surface area contributed by atoms with Gasteiger partial charge in [-0.2, -0.15) is 5.10 Å². The number of benzene rings is 1. The van der Waals surface area contributed by atoms with Gasteiger partial charge in [-0.3, -0.25) is 5.10 Å². The van der Waals surface area contributed by atoms with Gasteiger partial charge in [0, 0.05) is 18.9 Å². The van der Waals surface area contributed by atoms with E-state index in [9.17, 15) is 8.78 Å². The molecule has 1 aromatic heterocycles. The molecule has 0 spiro atoms. The molecular formula is C14H18F2N4. The minimum absolute atomic E-state index is 0.280. The van der Waals surface area contributed by atoms with Crippen LogP contribution in [0, 0.1) is 11.6 Å². The van der Waals surface area contributed by atoms with Gasteiger partial charge >= 0.3 is 0 Å². The van der Waals surface area contributed by atoms with E-state index in [2.05, 4.69) is 15.2 Å². The molecule has 20 heavy (non-hydrogen) atoms. The molecule has 0 aliphatic heterocycles. The van der Waals surface area contributed by atoms with Crippen molar-refractivity contribution < 1.29 is 8.78 Å². The van der Waals surface area contributed by atoms with Crippen LogP contribution in [0.4, 0.5) is 8.78 Å². The molecule has 6 heteroatoms. The van der Waals surface area contributed by atoms with E-state index in [1.807, 2.05) is 0 Å². The first-order chi connectivity index (χ1) is 9.69. The van der Waals surface area contributed by atoms with Gasteiger partial charge in [0.1, 0.15) is 17.5 Å². The molecule has 0 bridgehead atoms. The van der Waals surface area contributed by atoms with Crippen LogP contribution in [0.1, 0.15) is 36.5 Å². The fraction of sp³-hybridized carbons (Fsp3) is 0.429. The highest BCUT2D eigenvalue weighted by Gasteiger charge is 2.08. The average Bonchev–Trinajstić information content (AvgIpc) is 2.86. The van der Waals surface area contributed by atoms with Gasteiger partial charge in [0.15, 0.2) is 5.82 Å². The van der Waals surface area contributed by atoms with Crippen LogP contribution in [0.5, 0.6) is 0 Å². The van der Waals surface area contributed by atoms with E-state index in [1.165, 1.54) is 12.1 Å². The maximum absolute atomic E-state index is 13.5. The van der Waals surface area contributed by atoms with Gasteiger partial charge in [-0.05, 0) is 31.0 Å².